The van der Waals surface area contributed by atoms with E-state index in [0.29, 0.717) is 25.2 Å². The van der Waals surface area contributed by atoms with Gasteiger partial charge >= 0.3 is 11.7 Å². The van der Waals surface area contributed by atoms with Crippen molar-refractivity contribution in [2.24, 2.45) is 7.05 Å². The van der Waals surface area contributed by atoms with Crippen molar-refractivity contribution in [3.63, 3.8) is 0 Å². The highest BCUT2D eigenvalue weighted by atomic mass is 16.5. The van der Waals surface area contributed by atoms with Crippen LogP contribution in [0.25, 0.3) is 11.0 Å². The Morgan fingerprint density at radius 1 is 1.02 bits per heavy atom. The van der Waals surface area contributed by atoms with Crippen LogP contribution in [0.5, 0.6) is 0 Å². The normalized spacial score (nSPS) is 19.1. The molecule has 2 amide bonds. The number of hydrogen-bond donors (Lipinski definition) is 1. The van der Waals surface area contributed by atoms with Crippen LogP contribution in [0.1, 0.15) is 68.5 Å². The average molecular weight is 577 g/mol. The van der Waals surface area contributed by atoms with Gasteiger partial charge in [0.05, 0.1) is 30.9 Å². The number of hydrogen-bond acceptors (Lipinski definition) is 7. The fraction of sp³-hybridized carbons (Fsp3) is 0.500. The SMILES string of the molecule is CCCCOC(=O)C(COCc1ccccc1)N1CCC(c2ccc3c(c2)n(C)c(=O)n3C2CCC(=O)NC2=O)CC1. The van der Waals surface area contributed by atoms with Crippen molar-refractivity contribution < 1.29 is 23.9 Å². The van der Waals surface area contributed by atoms with Gasteiger partial charge in [0.25, 0.3) is 0 Å². The highest BCUT2D eigenvalue weighted by Gasteiger charge is 2.33. The van der Waals surface area contributed by atoms with Gasteiger partial charge in [0.1, 0.15) is 12.1 Å². The van der Waals surface area contributed by atoms with Gasteiger partial charge in [-0.05, 0) is 68.0 Å². The Hall–Kier alpha value is -3.76. The van der Waals surface area contributed by atoms with Gasteiger partial charge in [-0.3, -0.25) is 33.7 Å². The van der Waals surface area contributed by atoms with Crippen LogP contribution in [0.4, 0.5) is 0 Å². The molecule has 224 valence electrons. The Labute approximate surface area is 245 Å². The summed E-state index contributed by atoms with van der Waals surface area (Å²) in [5.74, 6) is -0.715. The van der Waals surface area contributed by atoms with Gasteiger partial charge in [0.15, 0.2) is 0 Å². The monoisotopic (exact) mass is 576 g/mol. The van der Waals surface area contributed by atoms with E-state index in [1.165, 1.54) is 4.57 Å². The first-order chi connectivity index (χ1) is 20.4. The van der Waals surface area contributed by atoms with Crippen molar-refractivity contribution in [1.82, 2.24) is 19.4 Å². The van der Waals surface area contributed by atoms with E-state index in [0.717, 1.165) is 55.4 Å². The van der Waals surface area contributed by atoms with Gasteiger partial charge in [-0.25, -0.2) is 4.79 Å². The Balaban J connectivity index is 1.27. The minimum absolute atomic E-state index is 0.209. The minimum atomic E-state index is -0.703. The molecule has 5 rings (SSSR count). The van der Waals surface area contributed by atoms with Crippen molar-refractivity contribution in [2.75, 3.05) is 26.3 Å². The predicted octanol–water partition coefficient (Wildman–Crippen LogP) is 3.43. The van der Waals surface area contributed by atoms with Crippen molar-refractivity contribution in [3.8, 4) is 0 Å². The summed E-state index contributed by atoms with van der Waals surface area (Å²) in [7, 11) is 1.71. The van der Waals surface area contributed by atoms with E-state index in [-0.39, 0.29) is 36.5 Å². The third-order valence-corrected chi connectivity index (χ3v) is 8.48. The number of nitrogens with zero attached hydrogens (tertiary/aromatic N) is 3. The summed E-state index contributed by atoms with van der Waals surface area (Å²) in [5.41, 5.74) is 3.36. The van der Waals surface area contributed by atoms with Crippen LogP contribution in [-0.2, 0) is 37.5 Å². The Morgan fingerprint density at radius 3 is 2.50 bits per heavy atom. The van der Waals surface area contributed by atoms with Gasteiger partial charge < -0.3 is 9.47 Å². The number of aryl methyl sites for hydroxylation is 1. The Morgan fingerprint density at radius 2 is 1.79 bits per heavy atom. The fourth-order valence-electron chi connectivity index (χ4n) is 6.01. The molecule has 42 heavy (non-hydrogen) atoms. The number of carbonyl (C=O) groups excluding carboxylic acids is 3. The van der Waals surface area contributed by atoms with Crippen LogP contribution >= 0.6 is 0 Å². The zero-order valence-corrected chi connectivity index (χ0v) is 24.4. The van der Waals surface area contributed by atoms with Crippen LogP contribution in [0.2, 0.25) is 0 Å². The van der Waals surface area contributed by atoms with E-state index in [1.54, 1.807) is 11.6 Å². The molecule has 0 bridgehead atoms. The van der Waals surface area contributed by atoms with Crippen molar-refractivity contribution in [1.29, 1.82) is 0 Å². The summed E-state index contributed by atoms with van der Waals surface area (Å²) in [5, 5.41) is 2.35. The number of piperidine rings is 2. The summed E-state index contributed by atoms with van der Waals surface area (Å²) >= 11 is 0. The number of carbonyl (C=O) groups is 3. The molecule has 1 N–H and O–H groups in total. The number of imide groups is 1. The number of fused-ring (bicyclic) bond motifs is 1. The van der Waals surface area contributed by atoms with Crippen LogP contribution in [0, 0.1) is 0 Å². The molecule has 2 aliphatic rings. The molecule has 3 aromatic rings. The second-order valence-electron chi connectivity index (χ2n) is 11.3. The fourth-order valence-corrected chi connectivity index (χ4v) is 6.01. The lowest BCUT2D eigenvalue weighted by Crippen LogP contribution is -2.48. The average Bonchev–Trinajstić information content (AvgIpc) is 3.25. The first-order valence-corrected chi connectivity index (χ1v) is 14.9. The molecular formula is C32H40N4O6. The molecule has 10 nitrogen and oxygen atoms in total. The number of rotatable bonds is 11. The summed E-state index contributed by atoms with van der Waals surface area (Å²) < 4.78 is 14.7. The highest BCUT2D eigenvalue weighted by molar-refractivity contribution is 6.00. The van der Waals surface area contributed by atoms with Crippen molar-refractivity contribution in [2.45, 2.75) is 70.1 Å². The molecule has 2 atom stereocenters. The van der Waals surface area contributed by atoms with E-state index in [1.807, 2.05) is 48.5 Å². The van der Waals surface area contributed by atoms with Crippen LogP contribution in [-0.4, -0.2) is 64.2 Å². The first-order valence-electron chi connectivity index (χ1n) is 14.9. The van der Waals surface area contributed by atoms with E-state index in [4.69, 9.17) is 9.47 Å². The quantitative estimate of drug-likeness (QED) is 0.212. The summed E-state index contributed by atoms with van der Waals surface area (Å²) in [6.07, 6.45) is 4.01. The molecule has 2 aliphatic heterocycles. The third kappa shape index (κ3) is 6.50. The standard InChI is InChI=1S/C32H40N4O6/c1-3-4-18-42-31(39)28(21-41-20-22-8-6-5-7-9-22)35-16-14-23(15-17-35)24-10-11-25-27(19-24)34(2)32(40)36(25)26-12-13-29(37)33-30(26)38/h5-11,19,23,26,28H,3-4,12-18,20-21H2,1-2H3,(H,33,37,38). The summed E-state index contributed by atoms with van der Waals surface area (Å²) in [6.45, 7) is 4.64. The molecule has 0 saturated carbocycles. The molecule has 1 aromatic heterocycles. The second kappa shape index (κ2) is 13.5. The number of nitrogens with one attached hydrogen (secondary N) is 1. The van der Waals surface area contributed by atoms with Crippen LogP contribution in [0.3, 0.4) is 0 Å². The maximum absolute atomic E-state index is 13.2. The van der Waals surface area contributed by atoms with E-state index < -0.39 is 18.0 Å². The first kappa shape index (κ1) is 29.7. The minimum Gasteiger partial charge on any atom is -0.464 e. The third-order valence-electron chi connectivity index (χ3n) is 8.48. The van der Waals surface area contributed by atoms with Crippen LogP contribution in [0.15, 0.2) is 53.3 Å². The lowest BCUT2D eigenvalue weighted by Gasteiger charge is -2.36. The van der Waals surface area contributed by atoms with Gasteiger partial charge in [0.2, 0.25) is 11.8 Å². The van der Waals surface area contributed by atoms with E-state index >= 15 is 0 Å². The number of amides is 2. The molecule has 0 radical (unpaired) electrons. The lowest BCUT2D eigenvalue weighted by atomic mass is 9.88. The summed E-state index contributed by atoms with van der Waals surface area (Å²) in [6, 6.07) is 14.7. The van der Waals surface area contributed by atoms with Crippen molar-refractivity contribution >= 4 is 28.8 Å². The Bertz CT molecular complexity index is 1470. The predicted molar refractivity (Wildman–Crippen MR) is 158 cm³/mol. The van der Waals surface area contributed by atoms with Gasteiger partial charge in [-0.15, -0.1) is 0 Å². The van der Waals surface area contributed by atoms with Gasteiger partial charge in [0, 0.05) is 13.5 Å². The number of benzene rings is 2. The smallest absolute Gasteiger partial charge is 0.329 e. The molecule has 2 fully saturated rings. The molecule has 2 unspecified atom stereocenters. The zero-order valence-electron chi connectivity index (χ0n) is 24.4. The molecular weight excluding hydrogens is 536 g/mol. The number of unbranched alkanes of at least 4 members (excludes halogenated alkanes) is 1. The molecule has 3 heterocycles. The number of likely N-dealkylation sites (tertiary alicyclic amines) is 1. The van der Waals surface area contributed by atoms with Gasteiger partial charge in [-0.2, -0.15) is 0 Å². The van der Waals surface area contributed by atoms with Crippen LogP contribution < -0.4 is 11.0 Å². The van der Waals surface area contributed by atoms with Crippen molar-refractivity contribution in [3.05, 3.63) is 70.1 Å². The molecule has 10 heteroatoms. The number of aromatic nitrogens is 2. The van der Waals surface area contributed by atoms with Gasteiger partial charge in [-0.1, -0.05) is 49.7 Å². The molecule has 2 saturated heterocycles. The number of esters is 1. The molecule has 0 aliphatic carbocycles. The maximum Gasteiger partial charge on any atom is 0.329 e. The highest BCUT2D eigenvalue weighted by Crippen LogP contribution is 2.32. The van der Waals surface area contributed by atoms with E-state index in [2.05, 4.69) is 17.1 Å². The Kier molecular flexibility index (Phi) is 9.54. The zero-order chi connectivity index (χ0) is 29.6. The number of imidazole rings is 1. The second-order valence-corrected chi connectivity index (χ2v) is 11.3. The topological polar surface area (TPSA) is 112 Å². The molecule has 2 aromatic carbocycles. The maximum atomic E-state index is 13.2. The number of ether oxygens (including phenoxy) is 2. The largest absolute Gasteiger partial charge is 0.464 e. The molecule has 0 spiro atoms. The lowest BCUT2D eigenvalue weighted by molar-refractivity contribution is -0.153. The van der Waals surface area contributed by atoms with E-state index in [9.17, 15) is 19.2 Å². The summed E-state index contributed by atoms with van der Waals surface area (Å²) in [4.78, 5) is 52.6.